The Labute approximate surface area is 156 Å². The maximum atomic E-state index is 5.72. The smallest absolute Gasteiger partial charge is 0.191 e. The molecular formula is C21H29N3O2. The number of nitrogens with one attached hydrogen (secondary N) is 2. The highest BCUT2D eigenvalue weighted by Gasteiger charge is 2.03. The van der Waals surface area contributed by atoms with E-state index in [0.29, 0.717) is 32.9 Å². The molecule has 0 saturated heterocycles. The molecule has 0 heterocycles. The molecule has 0 unspecified atom stereocenters. The Morgan fingerprint density at radius 2 is 1.73 bits per heavy atom. The van der Waals surface area contributed by atoms with Gasteiger partial charge < -0.3 is 20.1 Å². The fourth-order valence-electron chi connectivity index (χ4n) is 2.46. The predicted molar refractivity (Wildman–Crippen MR) is 107 cm³/mol. The molecule has 2 aromatic carbocycles. The minimum Gasteiger partial charge on any atom is -0.492 e. The number of hydrogen-bond acceptors (Lipinski definition) is 3. The zero-order valence-electron chi connectivity index (χ0n) is 15.9. The summed E-state index contributed by atoms with van der Waals surface area (Å²) in [5.74, 6) is 1.63. The number of aryl methyl sites for hydroxylation is 1. The van der Waals surface area contributed by atoms with Crippen molar-refractivity contribution in [2.24, 2.45) is 4.99 Å². The van der Waals surface area contributed by atoms with Gasteiger partial charge in [0.1, 0.15) is 12.4 Å². The van der Waals surface area contributed by atoms with E-state index < -0.39 is 0 Å². The maximum absolute atomic E-state index is 5.72. The van der Waals surface area contributed by atoms with Crippen molar-refractivity contribution < 1.29 is 9.47 Å². The van der Waals surface area contributed by atoms with E-state index in [1.165, 1.54) is 16.7 Å². The lowest BCUT2D eigenvalue weighted by molar-refractivity contribution is 0.133. The Morgan fingerprint density at radius 1 is 1.00 bits per heavy atom. The van der Waals surface area contributed by atoms with E-state index in [2.05, 4.69) is 34.7 Å². The molecule has 5 heteroatoms. The molecule has 2 aromatic rings. The summed E-state index contributed by atoms with van der Waals surface area (Å²) in [5.41, 5.74) is 3.63. The molecule has 26 heavy (non-hydrogen) atoms. The third-order valence-corrected chi connectivity index (χ3v) is 3.93. The molecule has 0 bridgehead atoms. The second-order valence-electron chi connectivity index (χ2n) is 5.92. The van der Waals surface area contributed by atoms with Crippen LogP contribution in [0.3, 0.4) is 0 Å². The highest BCUT2D eigenvalue weighted by atomic mass is 16.5. The number of nitrogens with zero attached hydrogens (tertiary/aromatic N) is 1. The highest BCUT2D eigenvalue weighted by molar-refractivity contribution is 5.79. The number of hydrogen-bond donors (Lipinski definition) is 2. The van der Waals surface area contributed by atoms with Gasteiger partial charge in [0.15, 0.2) is 5.96 Å². The Kier molecular flexibility index (Phi) is 8.49. The molecule has 0 aliphatic rings. The summed E-state index contributed by atoms with van der Waals surface area (Å²) in [6, 6.07) is 16.3. The molecule has 2 N–H and O–H groups in total. The first-order valence-corrected chi connectivity index (χ1v) is 9.01. The van der Waals surface area contributed by atoms with Gasteiger partial charge in [-0.2, -0.15) is 0 Å². The molecule has 0 aromatic heterocycles. The van der Waals surface area contributed by atoms with Crippen LogP contribution in [0.25, 0.3) is 0 Å². The van der Waals surface area contributed by atoms with E-state index >= 15 is 0 Å². The summed E-state index contributed by atoms with van der Waals surface area (Å²) in [7, 11) is 1.77. The molecule has 0 saturated carbocycles. The highest BCUT2D eigenvalue weighted by Crippen LogP contribution is 2.11. The largest absolute Gasteiger partial charge is 0.492 e. The first-order valence-electron chi connectivity index (χ1n) is 9.01. The zero-order chi connectivity index (χ0) is 18.6. The number of guanidine groups is 1. The second-order valence-corrected chi connectivity index (χ2v) is 5.92. The topological polar surface area (TPSA) is 54.9 Å². The van der Waals surface area contributed by atoms with Crippen LogP contribution in [0.2, 0.25) is 0 Å². The first kappa shape index (κ1) is 19.8. The molecular weight excluding hydrogens is 326 g/mol. The molecule has 0 atom stereocenters. The predicted octanol–water partition coefficient (Wildman–Crippen LogP) is 3.28. The minimum atomic E-state index is 0.574. The van der Waals surface area contributed by atoms with Crippen LogP contribution in [0.1, 0.15) is 23.6 Å². The lowest BCUT2D eigenvalue weighted by Gasteiger charge is -2.14. The molecule has 0 amide bonds. The summed E-state index contributed by atoms with van der Waals surface area (Å²) < 4.78 is 11.3. The number of rotatable bonds is 9. The summed E-state index contributed by atoms with van der Waals surface area (Å²) in [6.07, 6.45) is 0. The van der Waals surface area contributed by atoms with Crippen molar-refractivity contribution in [1.29, 1.82) is 0 Å². The van der Waals surface area contributed by atoms with Crippen LogP contribution in [0.5, 0.6) is 5.75 Å². The van der Waals surface area contributed by atoms with Crippen molar-refractivity contribution in [2.45, 2.75) is 27.0 Å². The van der Waals surface area contributed by atoms with E-state index in [4.69, 9.17) is 9.47 Å². The van der Waals surface area contributed by atoms with Crippen LogP contribution in [0.4, 0.5) is 0 Å². The Hall–Kier alpha value is -2.53. The van der Waals surface area contributed by atoms with Gasteiger partial charge in [0.25, 0.3) is 0 Å². The van der Waals surface area contributed by atoms with Crippen LogP contribution in [0, 0.1) is 6.92 Å². The van der Waals surface area contributed by atoms with Crippen molar-refractivity contribution in [3.63, 3.8) is 0 Å². The fraction of sp³-hybridized carbons (Fsp3) is 0.381. The van der Waals surface area contributed by atoms with Gasteiger partial charge in [-0.05, 0) is 37.1 Å². The molecule has 5 nitrogen and oxygen atoms in total. The van der Waals surface area contributed by atoms with Crippen LogP contribution in [-0.4, -0.2) is 32.8 Å². The van der Waals surface area contributed by atoms with E-state index in [9.17, 15) is 0 Å². The molecule has 0 radical (unpaired) electrons. The van der Waals surface area contributed by atoms with Crippen molar-refractivity contribution in [1.82, 2.24) is 10.6 Å². The van der Waals surface area contributed by atoms with Crippen molar-refractivity contribution >= 4 is 5.96 Å². The van der Waals surface area contributed by atoms with Gasteiger partial charge in [-0.1, -0.05) is 42.0 Å². The van der Waals surface area contributed by atoms with Crippen molar-refractivity contribution in [3.8, 4) is 5.75 Å². The number of benzene rings is 2. The van der Waals surface area contributed by atoms with E-state index in [1.54, 1.807) is 7.05 Å². The number of ether oxygens (including phenoxy) is 2. The summed E-state index contributed by atoms with van der Waals surface area (Å²) in [6.45, 7) is 7.36. The zero-order valence-corrected chi connectivity index (χ0v) is 15.9. The summed E-state index contributed by atoms with van der Waals surface area (Å²) in [5, 5.41) is 6.60. The van der Waals surface area contributed by atoms with Crippen LogP contribution >= 0.6 is 0 Å². The molecule has 0 aliphatic heterocycles. The van der Waals surface area contributed by atoms with Crippen molar-refractivity contribution in [2.75, 3.05) is 26.8 Å². The normalized spacial score (nSPS) is 11.3. The lowest BCUT2D eigenvalue weighted by Crippen LogP contribution is -2.39. The minimum absolute atomic E-state index is 0.574. The third kappa shape index (κ3) is 6.76. The van der Waals surface area contributed by atoms with E-state index in [0.717, 1.165) is 11.7 Å². The van der Waals surface area contributed by atoms with Gasteiger partial charge in [0.2, 0.25) is 0 Å². The summed E-state index contributed by atoms with van der Waals surface area (Å²) >= 11 is 0. The van der Waals surface area contributed by atoms with Gasteiger partial charge in [0, 0.05) is 20.2 Å². The fourth-order valence-corrected chi connectivity index (χ4v) is 2.46. The Morgan fingerprint density at radius 3 is 2.42 bits per heavy atom. The third-order valence-electron chi connectivity index (χ3n) is 3.93. The van der Waals surface area contributed by atoms with Gasteiger partial charge in [-0.25, -0.2) is 0 Å². The Bertz CT molecular complexity index is 684. The summed E-state index contributed by atoms with van der Waals surface area (Å²) in [4.78, 5) is 4.26. The standard InChI is InChI=1S/C21H29N3O2/c1-4-25-16-19-8-6-5-7-18(19)15-24-21(22-3)23-13-14-26-20-11-9-17(2)10-12-20/h5-12H,4,13-16H2,1-3H3,(H2,22,23,24). The van der Waals surface area contributed by atoms with Crippen molar-refractivity contribution in [3.05, 3.63) is 65.2 Å². The monoisotopic (exact) mass is 355 g/mol. The molecule has 2 rings (SSSR count). The van der Waals surface area contributed by atoms with Crippen LogP contribution in [0.15, 0.2) is 53.5 Å². The molecule has 0 spiro atoms. The average molecular weight is 355 g/mol. The lowest BCUT2D eigenvalue weighted by atomic mass is 10.1. The van der Waals surface area contributed by atoms with E-state index in [1.807, 2.05) is 43.3 Å². The van der Waals surface area contributed by atoms with Crippen LogP contribution in [-0.2, 0) is 17.9 Å². The maximum Gasteiger partial charge on any atom is 0.191 e. The van der Waals surface area contributed by atoms with Gasteiger partial charge in [-0.3, -0.25) is 4.99 Å². The number of aliphatic imine (C=N–C) groups is 1. The SMILES string of the molecule is CCOCc1ccccc1CNC(=NC)NCCOc1ccc(C)cc1. The molecule has 140 valence electrons. The van der Waals surface area contributed by atoms with Gasteiger partial charge in [0.05, 0.1) is 13.2 Å². The van der Waals surface area contributed by atoms with Gasteiger partial charge >= 0.3 is 0 Å². The average Bonchev–Trinajstić information content (AvgIpc) is 2.68. The van der Waals surface area contributed by atoms with E-state index in [-0.39, 0.29) is 0 Å². The molecule has 0 fully saturated rings. The Balaban J connectivity index is 1.75. The molecule has 0 aliphatic carbocycles. The van der Waals surface area contributed by atoms with Crippen LogP contribution < -0.4 is 15.4 Å². The first-order chi connectivity index (χ1) is 12.7. The van der Waals surface area contributed by atoms with Gasteiger partial charge in [-0.15, -0.1) is 0 Å². The second kappa shape index (κ2) is 11.2. The quantitative estimate of drug-likeness (QED) is 0.412.